The van der Waals surface area contributed by atoms with Gasteiger partial charge in [-0.2, -0.15) is 0 Å². The topological polar surface area (TPSA) is 75.4 Å². The Morgan fingerprint density at radius 3 is 3.11 bits per heavy atom. The van der Waals surface area contributed by atoms with Crippen LogP contribution in [-0.4, -0.2) is 22.8 Å². The molecule has 18 heavy (non-hydrogen) atoms. The van der Waals surface area contributed by atoms with Crippen molar-refractivity contribution in [2.24, 2.45) is 0 Å². The van der Waals surface area contributed by atoms with Crippen LogP contribution in [0.2, 0.25) is 0 Å². The number of aliphatic hydroxyl groups excluding tert-OH is 1. The molecular weight excluding hydrogens is 252 g/mol. The fourth-order valence-corrected chi connectivity index (χ4v) is 2.04. The second kappa shape index (κ2) is 6.00. The average Bonchev–Trinajstić information content (AvgIpc) is 3.04. The lowest BCUT2D eigenvalue weighted by molar-refractivity contribution is 0.0954. The third-order valence-electron chi connectivity index (χ3n) is 2.04. The van der Waals surface area contributed by atoms with Crippen molar-refractivity contribution in [2.75, 3.05) is 6.61 Å². The van der Waals surface area contributed by atoms with Gasteiger partial charge in [0.05, 0.1) is 16.3 Å². The highest BCUT2D eigenvalue weighted by Crippen LogP contribution is 2.15. The number of carbonyl (C=O) groups excluding carboxylic acids is 1. The number of amides is 1. The van der Waals surface area contributed by atoms with Gasteiger partial charge in [-0.1, -0.05) is 17.0 Å². The molecule has 0 fully saturated rings. The van der Waals surface area contributed by atoms with Crippen LogP contribution in [0.1, 0.15) is 20.2 Å². The summed E-state index contributed by atoms with van der Waals surface area (Å²) < 4.78 is 4.66. The largest absolute Gasteiger partial charge is 0.384 e. The molecule has 2 heterocycles. The lowest BCUT2D eigenvalue weighted by atomic mass is 10.4. The maximum Gasteiger partial charge on any atom is 0.261 e. The smallest absolute Gasteiger partial charge is 0.261 e. The first-order valence-electron chi connectivity index (χ1n) is 5.16. The molecule has 0 aliphatic heterocycles. The summed E-state index contributed by atoms with van der Waals surface area (Å²) in [7, 11) is 0. The Balaban J connectivity index is 1.94. The minimum atomic E-state index is -0.189. The minimum absolute atomic E-state index is 0.181. The molecule has 1 amide bonds. The van der Waals surface area contributed by atoms with Gasteiger partial charge in [0.15, 0.2) is 0 Å². The molecule has 0 aliphatic rings. The number of carbonyl (C=O) groups is 1. The molecule has 0 unspecified atom stereocenters. The lowest BCUT2D eigenvalue weighted by Crippen LogP contribution is -2.21. The normalized spacial score (nSPS) is 9.61. The molecule has 2 aromatic rings. The molecule has 5 nitrogen and oxygen atoms in total. The Labute approximate surface area is 107 Å². The summed E-state index contributed by atoms with van der Waals surface area (Å²) in [6.07, 6.45) is 1.45. The number of nitrogens with one attached hydrogen (secondary N) is 1. The lowest BCUT2D eigenvalue weighted by Gasteiger charge is -1.99. The molecule has 0 atom stereocenters. The number of hydrogen-bond donors (Lipinski definition) is 2. The quantitative estimate of drug-likeness (QED) is 0.809. The molecule has 0 spiro atoms. The van der Waals surface area contributed by atoms with E-state index >= 15 is 0 Å². The molecule has 0 saturated carbocycles. The van der Waals surface area contributed by atoms with Gasteiger partial charge in [0.1, 0.15) is 18.6 Å². The number of hydrogen-bond acceptors (Lipinski definition) is 5. The molecule has 0 aliphatic carbocycles. The summed E-state index contributed by atoms with van der Waals surface area (Å²) in [4.78, 5) is 13.1. The summed E-state index contributed by atoms with van der Waals surface area (Å²) >= 11 is 1.28. The van der Waals surface area contributed by atoms with Crippen LogP contribution in [0.3, 0.4) is 0 Å². The molecule has 2 rings (SSSR count). The van der Waals surface area contributed by atoms with Gasteiger partial charge in [-0.05, 0) is 12.1 Å². The summed E-state index contributed by atoms with van der Waals surface area (Å²) in [5, 5.41) is 15.0. The predicted molar refractivity (Wildman–Crippen MR) is 66.0 cm³/mol. The third kappa shape index (κ3) is 3.20. The van der Waals surface area contributed by atoms with Crippen molar-refractivity contribution < 1.29 is 14.4 Å². The van der Waals surface area contributed by atoms with Crippen molar-refractivity contribution >= 4 is 17.2 Å². The highest BCUT2D eigenvalue weighted by atomic mass is 32.1. The molecule has 6 heteroatoms. The van der Waals surface area contributed by atoms with E-state index in [1.54, 1.807) is 18.2 Å². The van der Waals surface area contributed by atoms with Gasteiger partial charge < -0.3 is 14.9 Å². The first kappa shape index (κ1) is 12.4. The Morgan fingerprint density at radius 2 is 2.39 bits per heavy atom. The summed E-state index contributed by atoms with van der Waals surface area (Å²) in [5.41, 5.74) is 0.667. The van der Waals surface area contributed by atoms with Crippen molar-refractivity contribution in [3.05, 3.63) is 39.9 Å². The molecule has 0 bridgehead atoms. The van der Waals surface area contributed by atoms with E-state index in [0.717, 1.165) is 4.88 Å². The zero-order chi connectivity index (χ0) is 12.8. The van der Waals surface area contributed by atoms with E-state index in [-0.39, 0.29) is 12.5 Å². The molecule has 0 radical (unpaired) electrons. The SMILES string of the molecule is O=C(NCc1ccon1)c1ccc(C#CCO)s1. The van der Waals surface area contributed by atoms with E-state index in [2.05, 4.69) is 26.8 Å². The van der Waals surface area contributed by atoms with Crippen molar-refractivity contribution in [1.82, 2.24) is 10.5 Å². The van der Waals surface area contributed by atoms with Crippen LogP contribution in [0, 0.1) is 11.8 Å². The summed E-state index contributed by atoms with van der Waals surface area (Å²) in [5.74, 6) is 5.10. The van der Waals surface area contributed by atoms with Crippen molar-refractivity contribution in [3.8, 4) is 11.8 Å². The van der Waals surface area contributed by atoms with Gasteiger partial charge in [-0.3, -0.25) is 4.79 Å². The molecule has 92 valence electrons. The van der Waals surface area contributed by atoms with Crippen molar-refractivity contribution in [3.63, 3.8) is 0 Å². The van der Waals surface area contributed by atoms with E-state index in [4.69, 9.17) is 5.11 Å². The van der Waals surface area contributed by atoms with Gasteiger partial charge in [0, 0.05) is 6.07 Å². The first-order valence-corrected chi connectivity index (χ1v) is 5.98. The number of aromatic nitrogens is 1. The van der Waals surface area contributed by atoms with Crippen LogP contribution in [0.4, 0.5) is 0 Å². The molecular formula is C12H10N2O3S. The van der Waals surface area contributed by atoms with Crippen LogP contribution < -0.4 is 5.32 Å². The summed E-state index contributed by atoms with van der Waals surface area (Å²) in [6.45, 7) is 0.135. The Hall–Kier alpha value is -2.10. The summed E-state index contributed by atoms with van der Waals surface area (Å²) in [6, 6.07) is 5.13. The zero-order valence-corrected chi connectivity index (χ0v) is 10.2. The maximum absolute atomic E-state index is 11.8. The fraction of sp³-hybridized carbons (Fsp3) is 0.167. The van der Waals surface area contributed by atoms with Gasteiger partial charge in [0.25, 0.3) is 5.91 Å². The highest BCUT2D eigenvalue weighted by molar-refractivity contribution is 7.14. The number of thiophene rings is 1. The Kier molecular flexibility index (Phi) is 4.12. The Morgan fingerprint density at radius 1 is 1.50 bits per heavy atom. The zero-order valence-electron chi connectivity index (χ0n) is 9.34. The van der Waals surface area contributed by atoms with Gasteiger partial charge in [-0.15, -0.1) is 11.3 Å². The van der Waals surface area contributed by atoms with E-state index < -0.39 is 0 Å². The van der Waals surface area contributed by atoms with E-state index in [1.807, 2.05) is 0 Å². The third-order valence-corrected chi connectivity index (χ3v) is 3.04. The van der Waals surface area contributed by atoms with Crippen LogP contribution >= 0.6 is 11.3 Å². The van der Waals surface area contributed by atoms with Crippen molar-refractivity contribution in [2.45, 2.75) is 6.54 Å². The number of nitrogens with zero attached hydrogens (tertiary/aromatic N) is 1. The molecule has 2 aromatic heterocycles. The monoisotopic (exact) mass is 262 g/mol. The van der Waals surface area contributed by atoms with E-state index in [9.17, 15) is 4.79 Å². The standard InChI is InChI=1S/C12H10N2O3S/c15-6-1-2-10-3-4-11(18-10)12(16)13-8-9-5-7-17-14-9/h3-5,7,15H,6,8H2,(H,13,16). The van der Waals surface area contributed by atoms with Crippen LogP contribution in [0.25, 0.3) is 0 Å². The van der Waals surface area contributed by atoms with Crippen LogP contribution in [-0.2, 0) is 6.54 Å². The fourth-order valence-electron chi connectivity index (χ4n) is 1.24. The minimum Gasteiger partial charge on any atom is -0.384 e. The van der Waals surface area contributed by atoms with Crippen LogP contribution in [0.15, 0.2) is 29.0 Å². The predicted octanol–water partition coefficient (Wildman–Crippen LogP) is 1.01. The maximum atomic E-state index is 11.8. The average molecular weight is 262 g/mol. The van der Waals surface area contributed by atoms with Crippen LogP contribution in [0.5, 0.6) is 0 Å². The second-order valence-corrected chi connectivity index (χ2v) is 4.38. The van der Waals surface area contributed by atoms with Gasteiger partial charge >= 0.3 is 0 Å². The van der Waals surface area contributed by atoms with E-state index in [0.29, 0.717) is 17.1 Å². The first-order chi connectivity index (χ1) is 8.79. The second-order valence-electron chi connectivity index (χ2n) is 3.30. The number of aliphatic hydroxyl groups is 1. The Bertz CT molecular complexity index is 578. The van der Waals surface area contributed by atoms with Gasteiger partial charge in [-0.25, -0.2) is 0 Å². The van der Waals surface area contributed by atoms with Crippen molar-refractivity contribution in [1.29, 1.82) is 0 Å². The molecule has 0 aromatic carbocycles. The molecule has 0 saturated heterocycles. The van der Waals surface area contributed by atoms with Gasteiger partial charge in [0.2, 0.25) is 0 Å². The van der Waals surface area contributed by atoms with E-state index in [1.165, 1.54) is 17.6 Å². The molecule has 2 N–H and O–H groups in total. The highest BCUT2D eigenvalue weighted by Gasteiger charge is 2.08. The number of rotatable bonds is 3.